The van der Waals surface area contributed by atoms with E-state index >= 15 is 0 Å². The average Bonchev–Trinajstić information content (AvgIpc) is 2.76. The van der Waals surface area contributed by atoms with Gasteiger partial charge in [-0.15, -0.1) is 0 Å². The largest absolute Gasteiger partial charge is 0.352 e. The van der Waals surface area contributed by atoms with E-state index in [1.165, 1.54) is 21.5 Å². The fourth-order valence-electron chi connectivity index (χ4n) is 3.43. The third kappa shape index (κ3) is 3.54. The predicted molar refractivity (Wildman–Crippen MR) is 116 cm³/mol. The molecule has 140 valence electrons. The number of fused-ring (bicyclic) bond motifs is 2. The lowest BCUT2D eigenvalue weighted by Crippen LogP contribution is -2.21. The second-order valence-corrected chi connectivity index (χ2v) is 7.25. The number of nitrogens with zero attached hydrogens (tertiary/aromatic N) is 2. The van der Waals surface area contributed by atoms with Crippen LogP contribution in [0.1, 0.15) is 31.0 Å². The van der Waals surface area contributed by atoms with Crippen molar-refractivity contribution in [3.05, 3.63) is 96.1 Å². The molecule has 4 aromatic carbocycles. The molecule has 0 aliphatic carbocycles. The Morgan fingerprint density at radius 1 is 0.750 bits per heavy atom. The first-order valence-corrected chi connectivity index (χ1v) is 9.54. The van der Waals surface area contributed by atoms with Crippen LogP contribution < -0.4 is 0 Å². The molecule has 0 aromatic heterocycles. The minimum absolute atomic E-state index is 0.0560. The summed E-state index contributed by atoms with van der Waals surface area (Å²) in [6, 6.07) is 29.3. The van der Waals surface area contributed by atoms with Crippen molar-refractivity contribution in [2.45, 2.75) is 25.6 Å². The second kappa shape index (κ2) is 7.53. The minimum Gasteiger partial charge on any atom is -0.352 e. The van der Waals surface area contributed by atoms with E-state index in [0.717, 1.165) is 11.1 Å². The molecule has 0 aliphatic rings. The number of hydrogen-bond acceptors (Lipinski definition) is 3. The SMILES string of the molecule is COC(C)(/N=N/C(C)c1ccc2ccccc2c1)c1ccc2ccccc2c1. The van der Waals surface area contributed by atoms with Crippen LogP contribution in [0.3, 0.4) is 0 Å². The molecule has 0 heterocycles. The summed E-state index contributed by atoms with van der Waals surface area (Å²) >= 11 is 0. The summed E-state index contributed by atoms with van der Waals surface area (Å²) in [5.41, 5.74) is 1.30. The third-order valence-electron chi connectivity index (χ3n) is 5.36. The van der Waals surface area contributed by atoms with Crippen LogP contribution >= 0.6 is 0 Å². The summed E-state index contributed by atoms with van der Waals surface area (Å²) < 4.78 is 5.77. The van der Waals surface area contributed by atoms with Crippen molar-refractivity contribution in [2.24, 2.45) is 10.2 Å². The van der Waals surface area contributed by atoms with Crippen molar-refractivity contribution < 1.29 is 4.74 Å². The number of ether oxygens (including phenoxy) is 1. The fraction of sp³-hybridized carbons (Fsp3) is 0.200. The molecule has 28 heavy (non-hydrogen) atoms. The Hall–Kier alpha value is -3.04. The second-order valence-electron chi connectivity index (χ2n) is 7.25. The molecule has 2 atom stereocenters. The molecule has 3 heteroatoms. The molecule has 0 fully saturated rings. The van der Waals surface area contributed by atoms with Gasteiger partial charge in [-0.25, -0.2) is 0 Å². The van der Waals surface area contributed by atoms with Gasteiger partial charge >= 0.3 is 0 Å². The highest BCUT2D eigenvalue weighted by Crippen LogP contribution is 2.31. The first-order chi connectivity index (χ1) is 13.6. The summed E-state index contributed by atoms with van der Waals surface area (Å²) in [4.78, 5) is 0. The van der Waals surface area contributed by atoms with Crippen LogP contribution in [0.5, 0.6) is 0 Å². The van der Waals surface area contributed by atoms with Gasteiger partial charge in [0.05, 0.1) is 6.04 Å². The molecule has 3 nitrogen and oxygen atoms in total. The van der Waals surface area contributed by atoms with Crippen LogP contribution in [0.4, 0.5) is 0 Å². The molecule has 0 radical (unpaired) electrons. The Labute approximate surface area is 165 Å². The van der Waals surface area contributed by atoms with E-state index in [4.69, 9.17) is 4.74 Å². The van der Waals surface area contributed by atoms with Gasteiger partial charge < -0.3 is 4.74 Å². The molecule has 4 rings (SSSR count). The lowest BCUT2D eigenvalue weighted by Gasteiger charge is -2.23. The molecule has 0 bridgehead atoms. The highest BCUT2D eigenvalue weighted by molar-refractivity contribution is 5.83. The average molecular weight is 368 g/mol. The maximum atomic E-state index is 5.77. The standard InChI is InChI=1S/C25H24N2O/c1-18(21-13-12-19-8-4-6-10-22(19)16-21)26-27-25(2,28-3)24-15-14-20-9-5-7-11-23(20)17-24/h4-18H,1-3H3/b27-26+. The normalized spacial score (nSPS) is 15.1. The quantitative estimate of drug-likeness (QED) is 0.348. The van der Waals surface area contributed by atoms with Gasteiger partial charge in [0.1, 0.15) is 0 Å². The number of rotatable bonds is 5. The number of methoxy groups -OCH3 is 1. The summed E-state index contributed by atoms with van der Waals surface area (Å²) in [5, 5.41) is 14.0. The van der Waals surface area contributed by atoms with Gasteiger partial charge in [0, 0.05) is 12.7 Å². The first kappa shape index (κ1) is 18.3. The fourth-order valence-corrected chi connectivity index (χ4v) is 3.43. The number of hydrogen-bond donors (Lipinski definition) is 0. The Balaban J connectivity index is 1.63. The lowest BCUT2D eigenvalue weighted by molar-refractivity contribution is 0.00229. The molecular weight excluding hydrogens is 344 g/mol. The summed E-state index contributed by atoms with van der Waals surface area (Å²) in [5.74, 6) is 0. The van der Waals surface area contributed by atoms with Crippen LogP contribution in [0.2, 0.25) is 0 Å². The summed E-state index contributed by atoms with van der Waals surface area (Å²) in [6.07, 6.45) is 0. The van der Waals surface area contributed by atoms with Crippen molar-refractivity contribution in [1.29, 1.82) is 0 Å². The molecule has 2 unspecified atom stereocenters. The Morgan fingerprint density at radius 2 is 1.32 bits per heavy atom. The van der Waals surface area contributed by atoms with E-state index in [9.17, 15) is 0 Å². The summed E-state index contributed by atoms with van der Waals surface area (Å²) in [7, 11) is 1.68. The molecule has 0 N–H and O–H groups in total. The molecule has 4 aromatic rings. The van der Waals surface area contributed by atoms with Crippen LogP contribution in [-0.4, -0.2) is 7.11 Å². The van der Waals surface area contributed by atoms with Crippen LogP contribution in [0.15, 0.2) is 95.2 Å². The zero-order valence-electron chi connectivity index (χ0n) is 16.5. The van der Waals surface area contributed by atoms with E-state index in [1.807, 2.05) is 19.1 Å². The lowest BCUT2D eigenvalue weighted by atomic mass is 10.0. The minimum atomic E-state index is -0.824. The number of benzene rings is 4. The van der Waals surface area contributed by atoms with E-state index in [2.05, 4.69) is 89.9 Å². The van der Waals surface area contributed by atoms with Crippen molar-refractivity contribution in [3.8, 4) is 0 Å². The van der Waals surface area contributed by atoms with Gasteiger partial charge in [-0.2, -0.15) is 10.2 Å². The highest BCUT2D eigenvalue weighted by Gasteiger charge is 2.26. The third-order valence-corrected chi connectivity index (χ3v) is 5.36. The van der Waals surface area contributed by atoms with Gasteiger partial charge in [0.15, 0.2) is 0 Å². The van der Waals surface area contributed by atoms with Crippen molar-refractivity contribution >= 4 is 21.5 Å². The van der Waals surface area contributed by atoms with Gasteiger partial charge in [-0.1, -0.05) is 72.8 Å². The maximum Gasteiger partial charge on any atom is 0.201 e. The van der Waals surface area contributed by atoms with Crippen molar-refractivity contribution in [1.82, 2.24) is 0 Å². The zero-order chi connectivity index (χ0) is 19.6. The predicted octanol–water partition coefficient (Wildman–Crippen LogP) is 7.03. The maximum absolute atomic E-state index is 5.77. The Kier molecular flexibility index (Phi) is 4.93. The van der Waals surface area contributed by atoms with Gasteiger partial charge in [-0.05, 0) is 53.1 Å². The van der Waals surface area contributed by atoms with Crippen molar-refractivity contribution in [2.75, 3.05) is 7.11 Å². The molecule has 0 saturated carbocycles. The topological polar surface area (TPSA) is 34.0 Å². The molecule has 0 saturated heterocycles. The Morgan fingerprint density at radius 3 is 1.96 bits per heavy atom. The zero-order valence-corrected chi connectivity index (χ0v) is 16.5. The molecular formula is C25H24N2O. The molecule has 0 spiro atoms. The van der Waals surface area contributed by atoms with Crippen LogP contribution in [0, 0.1) is 0 Å². The Bertz CT molecular complexity index is 1150. The smallest absolute Gasteiger partial charge is 0.201 e. The summed E-state index contributed by atoms with van der Waals surface area (Å²) in [6.45, 7) is 4.01. The number of azo groups is 1. The van der Waals surface area contributed by atoms with Gasteiger partial charge in [-0.3, -0.25) is 0 Å². The van der Waals surface area contributed by atoms with Crippen molar-refractivity contribution in [3.63, 3.8) is 0 Å². The van der Waals surface area contributed by atoms with E-state index in [1.54, 1.807) is 7.11 Å². The van der Waals surface area contributed by atoms with Crippen LogP contribution in [0.25, 0.3) is 21.5 Å². The van der Waals surface area contributed by atoms with Gasteiger partial charge in [0.2, 0.25) is 5.72 Å². The van der Waals surface area contributed by atoms with E-state index in [-0.39, 0.29) is 6.04 Å². The van der Waals surface area contributed by atoms with Crippen LogP contribution in [-0.2, 0) is 10.5 Å². The van der Waals surface area contributed by atoms with E-state index < -0.39 is 5.72 Å². The monoisotopic (exact) mass is 368 g/mol. The van der Waals surface area contributed by atoms with E-state index in [0.29, 0.717) is 0 Å². The highest BCUT2D eigenvalue weighted by atomic mass is 16.5. The molecule has 0 aliphatic heterocycles. The first-order valence-electron chi connectivity index (χ1n) is 9.54. The molecule has 0 amide bonds. The van der Waals surface area contributed by atoms with Gasteiger partial charge in [0.25, 0.3) is 0 Å².